The molecule has 0 saturated heterocycles. The summed E-state index contributed by atoms with van der Waals surface area (Å²) in [6.45, 7) is 2.05. The normalized spacial score (nSPS) is 10.5. The summed E-state index contributed by atoms with van der Waals surface area (Å²) >= 11 is 0. The number of aryl methyl sites for hydroxylation is 1. The number of hydrogen-bond donors (Lipinski definition) is 0. The summed E-state index contributed by atoms with van der Waals surface area (Å²) < 4.78 is 21.3. The van der Waals surface area contributed by atoms with Crippen LogP contribution < -0.4 is 19.1 Å². The third-order valence-electron chi connectivity index (χ3n) is 5.37. The Morgan fingerprint density at radius 3 is 2.18 bits per heavy atom. The summed E-state index contributed by atoms with van der Waals surface area (Å²) in [6.07, 6.45) is 0.525. The first-order valence-electron chi connectivity index (χ1n) is 10.7. The number of benzene rings is 3. The number of hydrogen-bond acceptors (Lipinski definition) is 6. The Labute approximate surface area is 193 Å². The maximum atomic E-state index is 12.8. The van der Waals surface area contributed by atoms with Gasteiger partial charge in [0.2, 0.25) is 5.75 Å². The van der Waals surface area contributed by atoms with Crippen LogP contribution in [0.15, 0.2) is 54.6 Å². The molecule has 0 aromatic heterocycles. The van der Waals surface area contributed by atoms with Gasteiger partial charge < -0.3 is 23.8 Å². The Morgan fingerprint density at radius 2 is 1.55 bits per heavy atom. The molecule has 0 heterocycles. The highest BCUT2D eigenvalue weighted by atomic mass is 16.5. The zero-order valence-corrected chi connectivity index (χ0v) is 19.4. The van der Waals surface area contributed by atoms with E-state index in [1.165, 1.54) is 21.3 Å². The highest BCUT2D eigenvalue weighted by Crippen LogP contribution is 2.38. The van der Waals surface area contributed by atoms with E-state index in [-0.39, 0.29) is 18.9 Å². The third-order valence-corrected chi connectivity index (χ3v) is 5.37. The Morgan fingerprint density at radius 1 is 0.879 bits per heavy atom. The van der Waals surface area contributed by atoms with Crippen LogP contribution in [0.4, 0.5) is 5.69 Å². The van der Waals surface area contributed by atoms with Gasteiger partial charge in [-0.1, -0.05) is 36.4 Å². The molecule has 3 aromatic carbocycles. The van der Waals surface area contributed by atoms with Crippen LogP contribution >= 0.6 is 0 Å². The predicted octanol–water partition coefficient (Wildman–Crippen LogP) is 4.39. The van der Waals surface area contributed by atoms with Crippen LogP contribution in [-0.4, -0.2) is 46.4 Å². The molecule has 174 valence electrons. The van der Waals surface area contributed by atoms with Crippen LogP contribution in [0.2, 0.25) is 0 Å². The molecule has 3 rings (SSSR count). The fourth-order valence-corrected chi connectivity index (χ4v) is 3.74. The standard InChI is InChI=1S/C26H29NO6/c1-5-27(21-12-8-10-19-9-6-7-11-20(19)21)24(28)17-33-25(29)14-13-18-15-22(30-2)26(32-4)23(16-18)31-3/h6-12,15-16H,5,13-14,17H2,1-4H3. The van der Waals surface area contributed by atoms with Crippen molar-refractivity contribution in [2.75, 3.05) is 39.4 Å². The van der Waals surface area contributed by atoms with Crippen LogP contribution in [0.1, 0.15) is 18.9 Å². The number of amides is 1. The summed E-state index contributed by atoms with van der Waals surface area (Å²) in [5.74, 6) is 0.805. The van der Waals surface area contributed by atoms with E-state index < -0.39 is 5.97 Å². The lowest BCUT2D eigenvalue weighted by molar-refractivity contribution is -0.147. The summed E-state index contributed by atoms with van der Waals surface area (Å²) in [5.41, 5.74) is 1.63. The number of esters is 1. The van der Waals surface area contributed by atoms with E-state index in [1.54, 1.807) is 17.0 Å². The number of rotatable bonds is 10. The van der Waals surface area contributed by atoms with Gasteiger partial charge in [-0.2, -0.15) is 0 Å². The quantitative estimate of drug-likeness (QED) is 0.426. The number of carbonyl (C=O) groups is 2. The van der Waals surface area contributed by atoms with E-state index in [0.29, 0.717) is 30.2 Å². The highest BCUT2D eigenvalue weighted by molar-refractivity contribution is 6.04. The lowest BCUT2D eigenvalue weighted by Gasteiger charge is -2.22. The molecule has 0 aliphatic carbocycles. The minimum Gasteiger partial charge on any atom is -0.493 e. The number of ether oxygens (including phenoxy) is 4. The van der Waals surface area contributed by atoms with Crippen molar-refractivity contribution in [3.63, 3.8) is 0 Å². The molecule has 0 saturated carbocycles. The van der Waals surface area contributed by atoms with E-state index >= 15 is 0 Å². The minimum atomic E-state index is -0.453. The molecule has 0 N–H and O–H groups in total. The van der Waals surface area contributed by atoms with Crippen LogP contribution in [0.25, 0.3) is 10.8 Å². The first-order valence-corrected chi connectivity index (χ1v) is 10.7. The molecule has 1 amide bonds. The zero-order valence-electron chi connectivity index (χ0n) is 19.4. The third kappa shape index (κ3) is 5.55. The summed E-state index contributed by atoms with van der Waals surface area (Å²) in [7, 11) is 4.61. The minimum absolute atomic E-state index is 0.117. The van der Waals surface area contributed by atoms with Gasteiger partial charge in [-0.25, -0.2) is 0 Å². The van der Waals surface area contributed by atoms with Crippen molar-refractivity contribution in [1.29, 1.82) is 0 Å². The largest absolute Gasteiger partial charge is 0.493 e. The molecule has 0 spiro atoms. The second-order valence-corrected chi connectivity index (χ2v) is 7.33. The highest BCUT2D eigenvalue weighted by Gasteiger charge is 2.19. The number of nitrogens with zero attached hydrogens (tertiary/aromatic N) is 1. The lowest BCUT2D eigenvalue weighted by atomic mass is 10.1. The molecule has 0 aliphatic rings. The summed E-state index contributed by atoms with van der Waals surface area (Å²) in [4.78, 5) is 26.8. The monoisotopic (exact) mass is 451 g/mol. The molecule has 0 bridgehead atoms. The lowest BCUT2D eigenvalue weighted by Crippen LogP contribution is -2.34. The van der Waals surface area contributed by atoms with E-state index in [4.69, 9.17) is 18.9 Å². The van der Waals surface area contributed by atoms with Gasteiger partial charge in [0.05, 0.1) is 27.0 Å². The molecular formula is C26H29NO6. The maximum Gasteiger partial charge on any atom is 0.306 e. The molecular weight excluding hydrogens is 422 g/mol. The first kappa shape index (κ1) is 23.9. The average molecular weight is 452 g/mol. The van der Waals surface area contributed by atoms with Gasteiger partial charge >= 0.3 is 5.97 Å². The van der Waals surface area contributed by atoms with E-state index in [1.807, 2.05) is 49.4 Å². The van der Waals surface area contributed by atoms with E-state index in [2.05, 4.69) is 0 Å². The van der Waals surface area contributed by atoms with Crippen molar-refractivity contribution < 1.29 is 28.5 Å². The molecule has 7 heteroatoms. The van der Waals surface area contributed by atoms with E-state index in [0.717, 1.165) is 22.0 Å². The van der Waals surface area contributed by atoms with Crippen molar-refractivity contribution in [3.8, 4) is 17.2 Å². The molecule has 7 nitrogen and oxygen atoms in total. The zero-order chi connectivity index (χ0) is 23.8. The first-order chi connectivity index (χ1) is 16.0. The molecule has 0 radical (unpaired) electrons. The fourth-order valence-electron chi connectivity index (χ4n) is 3.74. The van der Waals surface area contributed by atoms with E-state index in [9.17, 15) is 9.59 Å². The predicted molar refractivity (Wildman–Crippen MR) is 127 cm³/mol. The van der Waals surface area contributed by atoms with Gasteiger partial charge in [-0.15, -0.1) is 0 Å². The van der Waals surface area contributed by atoms with Crippen molar-refractivity contribution in [2.24, 2.45) is 0 Å². The molecule has 0 atom stereocenters. The van der Waals surface area contributed by atoms with Crippen molar-refractivity contribution in [2.45, 2.75) is 19.8 Å². The van der Waals surface area contributed by atoms with Gasteiger partial charge in [-0.3, -0.25) is 9.59 Å². The SMILES string of the molecule is CCN(C(=O)COC(=O)CCc1cc(OC)c(OC)c(OC)c1)c1cccc2ccccc12. The van der Waals surface area contributed by atoms with Gasteiger partial charge in [0.25, 0.3) is 5.91 Å². The topological polar surface area (TPSA) is 74.3 Å². The van der Waals surface area contributed by atoms with Gasteiger partial charge in [0, 0.05) is 18.4 Å². The Bertz CT molecular complexity index is 1100. The van der Waals surface area contributed by atoms with Crippen molar-refractivity contribution in [3.05, 3.63) is 60.2 Å². The van der Waals surface area contributed by atoms with Gasteiger partial charge in [0.1, 0.15) is 0 Å². The number of carbonyl (C=O) groups excluding carboxylic acids is 2. The fraction of sp³-hybridized carbons (Fsp3) is 0.308. The molecule has 33 heavy (non-hydrogen) atoms. The van der Waals surface area contributed by atoms with Crippen LogP contribution in [0.5, 0.6) is 17.2 Å². The maximum absolute atomic E-state index is 12.8. The Balaban J connectivity index is 1.62. The Hall–Kier alpha value is -3.74. The van der Waals surface area contributed by atoms with Crippen LogP contribution in [0, 0.1) is 0 Å². The molecule has 0 unspecified atom stereocenters. The number of likely N-dealkylation sites (N-methyl/N-ethyl adjacent to an activating group) is 1. The summed E-state index contributed by atoms with van der Waals surface area (Å²) in [6, 6.07) is 17.3. The average Bonchev–Trinajstić information content (AvgIpc) is 2.85. The van der Waals surface area contributed by atoms with Gasteiger partial charge in [0.15, 0.2) is 18.1 Å². The summed E-state index contributed by atoms with van der Waals surface area (Å²) in [5, 5.41) is 2.02. The van der Waals surface area contributed by atoms with Crippen LogP contribution in [0.3, 0.4) is 0 Å². The second-order valence-electron chi connectivity index (χ2n) is 7.33. The smallest absolute Gasteiger partial charge is 0.306 e. The second kappa shape index (κ2) is 11.2. The van der Waals surface area contributed by atoms with Crippen LogP contribution in [-0.2, 0) is 20.7 Å². The number of methoxy groups -OCH3 is 3. The van der Waals surface area contributed by atoms with Crippen molar-refractivity contribution in [1.82, 2.24) is 0 Å². The molecule has 0 fully saturated rings. The number of fused-ring (bicyclic) bond motifs is 1. The van der Waals surface area contributed by atoms with Gasteiger partial charge in [-0.05, 0) is 42.5 Å². The molecule has 3 aromatic rings. The number of anilines is 1. The Kier molecular flexibility index (Phi) is 8.13. The van der Waals surface area contributed by atoms with Crippen molar-refractivity contribution >= 4 is 28.3 Å². The molecule has 0 aliphatic heterocycles.